The van der Waals surface area contributed by atoms with Crippen LogP contribution in [0.1, 0.15) is 81.0 Å². The van der Waals surface area contributed by atoms with E-state index >= 15 is 0 Å². The average molecular weight is 476 g/mol. The monoisotopic (exact) mass is 475 g/mol. The third-order valence-corrected chi connectivity index (χ3v) is 6.47. The maximum Gasteiger partial charge on any atom is 0.416 e. The number of hydrogen-bond donors (Lipinski definition) is 0. The predicted molar refractivity (Wildman–Crippen MR) is 125 cm³/mol. The molecule has 0 unspecified atom stereocenters. The fourth-order valence-corrected chi connectivity index (χ4v) is 4.81. The number of alkyl halides is 3. The number of anilines is 1. The Balaban J connectivity index is 1.48. The average Bonchev–Trinajstić information content (AvgIpc) is 3.20. The zero-order valence-electron chi connectivity index (χ0n) is 20.0. The second kappa shape index (κ2) is 9.51. The Bertz CT molecular complexity index is 1040. The number of benzene rings is 2. The van der Waals surface area contributed by atoms with Crippen LogP contribution in [-0.4, -0.2) is 18.2 Å². The third kappa shape index (κ3) is 5.68. The van der Waals surface area contributed by atoms with Gasteiger partial charge in [-0.2, -0.15) is 13.2 Å². The van der Waals surface area contributed by atoms with Crippen molar-refractivity contribution >= 4 is 11.8 Å². The van der Waals surface area contributed by atoms with E-state index < -0.39 is 23.4 Å². The van der Waals surface area contributed by atoms with E-state index in [1.807, 2.05) is 26.8 Å². The van der Waals surface area contributed by atoms with Crippen LogP contribution in [0.2, 0.25) is 0 Å². The minimum Gasteiger partial charge on any atom is -0.489 e. The number of nitrogens with zero attached hydrogens (tertiary/aromatic N) is 1. The Morgan fingerprint density at radius 1 is 1.03 bits per heavy atom. The summed E-state index contributed by atoms with van der Waals surface area (Å²) in [5.41, 5.74) is 1.35. The molecule has 0 bridgehead atoms. The molecule has 0 saturated heterocycles. The summed E-state index contributed by atoms with van der Waals surface area (Å²) in [6, 6.07) is 9.94. The quantitative estimate of drug-likeness (QED) is 0.456. The summed E-state index contributed by atoms with van der Waals surface area (Å²) in [5, 5.41) is 0. The zero-order valence-corrected chi connectivity index (χ0v) is 20.0. The molecule has 2 aromatic rings. The topological polar surface area (TPSA) is 38.8 Å². The van der Waals surface area contributed by atoms with Crippen LogP contribution < -0.4 is 9.64 Å². The largest absolute Gasteiger partial charge is 0.489 e. The van der Waals surface area contributed by atoms with Crippen molar-refractivity contribution in [2.45, 2.75) is 83.6 Å². The maximum absolute atomic E-state index is 13.8. The van der Waals surface area contributed by atoms with Crippen molar-refractivity contribution in [1.82, 2.24) is 0 Å². The molecule has 2 aromatic carbocycles. The number of carbonyl (C=O) groups is 1. The molecule has 34 heavy (non-hydrogen) atoms. The summed E-state index contributed by atoms with van der Waals surface area (Å²) in [4.78, 5) is 14.0. The van der Waals surface area contributed by atoms with Crippen LogP contribution in [0, 0.1) is 0 Å². The van der Waals surface area contributed by atoms with Crippen molar-refractivity contribution in [1.29, 1.82) is 0 Å². The molecule has 2 aliphatic rings. The highest BCUT2D eigenvalue weighted by Crippen LogP contribution is 2.39. The van der Waals surface area contributed by atoms with E-state index in [0.29, 0.717) is 18.7 Å². The third-order valence-electron chi connectivity index (χ3n) is 6.47. The first kappa shape index (κ1) is 24.4. The van der Waals surface area contributed by atoms with Crippen molar-refractivity contribution < 1.29 is 27.4 Å². The number of hydrogen-bond acceptors (Lipinski definition) is 3. The smallest absolute Gasteiger partial charge is 0.416 e. The Labute approximate surface area is 199 Å². The van der Waals surface area contributed by atoms with Gasteiger partial charge in [-0.25, -0.2) is 4.79 Å². The van der Waals surface area contributed by atoms with Gasteiger partial charge in [-0.1, -0.05) is 31.4 Å². The summed E-state index contributed by atoms with van der Waals surface area (Å²) in [7, 11) is 0. The van der Waals surface area contributed by atoms with Crippen LogP contribution >= 0.6 is 0 Å². The van der Waals surface area contributed by atoms with Gasteiger partial charge in [-0.15, -0.1) is 0 Å². The lowest BCUT2D eigenvalue weighted by atomic mass is 9.83. The number of fused-ring (bicyclic) bond motifs is 1. The molecule has 7 heteroatoms. The number of ether oxygens (including phenoxy) is 2. The first-order valence-electron chi connectivity index (χ1n) is 12.0. The first-order chi connectivity index (χ1) is 16.0. The molecule has 1 amide bonds. The Hall–Kier alpha value is -2.70. The van der Waals surface area contributed by atoms with Gasteiger partial charge in [0.2, 0.25) is 0 Å². The van der Waals surface area contributed by atoms with Gasteiger partial charge in [0.25, 0.3) is 0 Å². The summed E-state index contributed by atoms with van der Waals surface area (Å²) in [6.07, 6.45) is 0.981. The van der Waals surface area contributed by atoms with Crippen LogP contribution in [0.4, 0.5) is 23.7 Å². The van der Waals surface area contributed by atoms with E-state index in [1.54, 1.807) is 29.2 Å². The fourth-order valence-electron chi connectivity index (χ4n) is 4.81. The van der Waals surface area contributed by atoms with E-state index in [9.17, 15) is 18.0 Å². The lowest BCUT2D eigenvalue weighted by Gasteiger charge is -2.25. The van der Waals surface area contributed by atoms with Crippen LogP contribution in [0.3, 0.4) is 0 Å². The van der Waals surface area contributed by atoms with Crippen molar-refractivity contribution in [3.63, 3.8) is 0 Å². The van der Waals surface area contributed by atoms with Crippen molar-refractivity contribution in [3.8, 4) is 5.75 Å². The molecule has 1 fully saturated rings. The molecule has 0 radical (unpaired) electrons. The fraction of sp³-hybridized carbons (Fsp3) is 0.519. The lowest BCUT2D eigenvalue weighted by Crippen LogP contribution is -2.35. The van der Waals surface area contributed by atoms with Gasteiger partial charge in [0.15, 0.2) is 0 Å². The molecule has 1 saturated carbocycles. The van der Waals surface area contributed by atoms with E-state index in [4.69, 9.17) is 9.47 Å². The Kier molecular flexibility index (Phi) is 6.83. The highest BCUT2D eigenvalue weighted by atomic mass is 19.4. The molecular weight excluding hydrogens is 443 g/mol. The first-order valence-corrected chi connectivity index (χ1v) is 12.0. The van der Waals surface area contributed by atoms with Crippen LogP contribution in [0.15, 0.2) is 36.4 Å². The minimum absolute atomic E-state index is 0.128. The van der Waals surface area contributed by atoms with E-state index in [0.717, 1.165) is 48.9 Å². The normalized spacial score (nSPS) is 16.9. The number of carbonyl (C=O) groups excluding carboxylic acids is 1. The van der Waals surface area contributed by atoms with Crippen LogP contribution in [-0.2, 0) is 23.9 Å². The second-order valence-corrected chi connectivity index (χ2v) is 10.2. The molecule has 0 spiro atoms. The maximum atomic E-state index is 13.8. The van der Waals surface area contributed by atoms with Crippen molar-refractivity contribution in [2.75, 3.05) is 11.4 Å². The standard InChI is InChI=1S/C27H32F3NO3/c1-26(2,3)34-25(32)31-14-13-20-15-22(11-12-24(20)31)33-17-21-10-9-19(16-23(21)27(28,29)30)18-7-5-4-6-8-18/h9-12,15-16,18H,4-8,13-14,17H2,1-3H3. The molecule has 1 heterocycles. The molecule has 1 aliphatic carbocycles. The van der Waals surface area contributed by atoms with Gasteiger partial charge in [0.05, 0.1) is 11.3 Å². The molecule has 4 rings (SSSR count). The van der Waals surface area contributed by atoms with Gasteiger partial charge in [-0.3, -0.25) is 4.90 Å². The predicted octanol–water partition coefficient (Wildman–Crippen LogP) is 7.63. The van der Waals surface area contributed by atoms with Crippen LogP contribution in [0.25, 0.3) is 0 Å². The molecule has 184 valence electrons. The molecule has 0 atom stereocenters. The van der Waals surface area contributed by atoms with Gasteiger partial charge in [0.1, 0.15) is 18.0 Å². The molecule has 4 nitrogen and oxygen atoms in total. The van der Waals surface area contributed by atoms with Gasteiger partial charge >= 0.3 is 12.3 Å². The SMILES string of the molecule is CC(C)(C)OC(=O)N1CCc2cc(OCc3ccc(C4CCCCC4)cc3C(F)(F)F)ccc21. The molecule has 0 N–H and O–H groups in total. The molecule has 1 aliphatic heterocycles. The Morgan fingerprint density at radius 3 is 2.44 bits per heavy atom. The summed E-state index contributed by atoms with van der Waals surface area (Å²) in [6.45, 7) is 5.77. The lowest BCUT2D eigenvalue weighted by molar-refractivity contribution is -0.138. The van der Waals surface area contributed by atoms with E-state index in [-0.39, 0.29) is 18.1 Å². The zero-order chi connectivity index (χ0) is 24.5. The second-order valence-electron chi connectivity index (χ2n) is 10.2. The number of rotatable bonds is 4. The van der Waals surface area contributed by atoms with Gasteiger partial charge in [0, 0.05) is 12.1 Å². The number of halogens is 3. The van der Waals surface area contributed by atoms with Gasteiger partial charge < -0.3 is 9.47 Å². The molecular formula is C27H32F3NO3. The Morgan fingerprint density at radius 2 is 1.76 bits per heavy atom. The summed E-state index contributed by atoms with van der Waals surface area (Å²) in [5.74, 6) is 0.684. The molecule has 0 aromatic heterocycles. The number of amides is 1. The highest BCUT2D eigenvalue weighted by molar-refractivity contribution is 5.90. The van der Waals surface area contributed by atoms with E-state index in [1.165, 1.54) is 6.07 Å². The van der Waals surface area contributed by atoms with Crippen LogP contribution in [0.5, 0.6) is 5.75 Å². The van der Waals surface area contributed by atoms with Crippen molar-refractivity contribution in [3.05, 3.63) is 58.7 Å². The van der Waals surface area contributed by atoms with Gasteiger partial charge in [-0.05, 0) is 81.3 Å². The van der Waals surface area contributed by atoms with Crippen molar-refractivity contribution in [2.24, 2.45) is 0 Å². The van der Waals surface area contributed by atoms with E-state index in [2.05, 4.69) is 0 Å². The highest BCUT2D eigenvalue weighted by Gasteiger charge is 2.34. The summed E-state index contributed by atoms with van der Waals surface area (Å²) >= 11 is 0. The summed E-state index contributed by atoms with van der Waals surface area (Å²) < 4.78 is 52.7. The minimum atomic E-state index is -4.44.